The Morgan fingerprint density at radius 2 is 1.92 bits per heavy atom. The molecular weight excluding hydrogens is 534 g/mol. The van der Waals surface area contributed by atoms with Gasteiger partial charge in [-0.15, -0.1) is 0 Å². The number of ether oxygens (including phenoxy) is 1. The highest BCUT2D eigenvalue weighted by molar-refractivity contribution is 6.33. The van der Waals surface area contributed by atoms with Crippen molar-refractivity contribution >= 4 is 52.3 Å². The molecule has 4 N–H and O–H groups in total. The summed E-state index contributed by atoms with van der Waals surface area (Å²) in [6.07, 6.45) is 5.22. The van der Waals surface area contributed by atoms with Crippen LogP contribution >= 0.6 is 11.6 Å². The fourth-order valence-corrected chi connectivity index (χ4v) is 5.60. The fourth-order valence-electron chi connectivity index (χ4n) is 5.36. The number of nitrogens with one attached hydrogen (secondary N) is 2. The Morgan fingerprint density at radius 3 is 2.62 bits per heavy atom. The van der Waals surface area contributed by atoms with Crippen molar-refractivity contribution in [3.8, 4) is 0 Å². The number of hydrogen-bond acceptors (Lipinski definition) is 8. The van der Waals surface area contributed by atoms with Crippen molar-refractivity contribution in [1.82, 2.24) is 24.4 Å². The summed E-state index contributed by atoms with van der Waals surface area (Å²) in [6.45, 7) is 1.06. The molecule has 0 bridgehead atoms. The van der Waals surface area contributed by atoms with Gasteiger partial charge in [0.15, 0.2) is 11.5 Å². The van der Waals surface area contributed by atoms with E-state index in [4.69, 9.17) is 27.1 Å². The summed E-state index contributed by atoms with van der Waals surface area (Å²) in [5.41, 5.74) is 6.37. The van der Waals surface area contributed by atoms with Gasteiger partial charge in [-0.1, -0.05) is 11.6 Å². The maximum absolute atomic E-state index is 14.7. The third kappa shape index (κ3) is 5.68. The van der Waals surface area contributed by atoms with E-state index in [-0.39, 0.29) is 46.7 Å². The van der Waals surface area contributed by atoms with Crippen LogP contribution in [0.1, 0.15) is 44.6 Å². The largest absolute Gasteiger partial charge is 0.453 e. The number of carbonyl (C=O) groups is 2. The summed E-state index contributed by atoms with van der Waals surface area (Å²) in [7, 11) is 1.35. The third-order valence-electron chi connectivity index (χ3n) is 7.33. The molecule has 14 heteroatoms. The monoisotopic (exact) mass is 562 g/mol. The quantitative estimate of drug-likeness (QED) is 0.402. The number of amides is 2. The molecule has 2 aromatic heterocycles. The number of halogens is 3. The Labute approximate surface area is 228 Å². The summed E-state index contributed by atoms with van der Waals surface area (Å²) in [5.74, 6) is -1.59. The second kappa shape index (κ2) is 11.2. The predicted octanol–water partition coefficient (Wildman–Crippen LogP) is 4.36. The van der Waals surface area contributed by atoms with Crippen LogP contribution in [0.25, 0.3) is 11.2 Å². The zero-order chi connectivity index (χ0) is 27.7. The van der Waals surface area contributed by atoms with Crippen molar-refractivity contribution in [2.45, 2.75) is 50.6 Å². The minimum absolute atomic E-state index is 0.0811. The van der Waals surface area contributed by atoms with Crippen LogP contribution in [0.15, 0.2) is 18.3 Å². The van der Waals surface area contributed by atoms with Gasteiger partial charge in [-0.3, -0.25) is 9.36 Å². The number of imidazole rings is 1. The van der Waals surface area contributed by atoms with Crippen molar-refractivity contribution in [3.63, 3.8) is 0 Å². The highest BCUT2D eigenvalue weighted by atomic mass is 35.5. The maximum atomic E-state index is 14.7. The number of carbonyl (C=O) groups excluding carboxylic acids is 2. The highest BCUT2D eigenvalue weighted by Gasteiger charge is 2.30. The maximum Gasteiger partial charge on any atom is 0.409 e. The number of likely N-dealkylation sites (tertiary alicyclic amines) is 1. The Hall–Kier alpha value is -3.74. The smallest absolute Gasteiger partial charge is 0.409 e. The number of methoxy groups -OCH3 is 1. The lowest BCUT2D eigenvalue weighted by Gasteiger charge is -2.32. The number of nitrogens with two attached hydrogens (primary N) is 1. The lowest BCUT2D eigenvalue weighted by Crippen LogP contribution is -2.45. The Morgan fingerprint density at radius 1 is 1.15 bits per heavy atom. The zero-order valence-electron chi connectivity index (χ0n) is 21.3. The summed E-state index contributed by atoms with van der Waals surface area (Å²) < 4.78 is 35.0. The van der Waals surface area contributed by atoms with Crippen molar-refractivity contribution < 1.29 is 23.1 Å². The van der Waals surface area contributed by atoms with E-state index < -0.39 is 11.6 Å². The number of anilines is 3. The molecule has 0 spiro atoms. The van der Waals surface area contributed by atoms with Crippen LogP contribution in [-0.4, -0.2) is 62.7 Å². The number of piperidine rings is 1. The average Bonchev–Trinajstić information content (AvgIpc) is 3.27. The van der Waals surface area contributed by atoms with Crippen molar-refractivity contribution in [2.75, 3.05) is 30.8 Å². The minimum Gasteiger partial charge on any atom is -0.453 e. The van der Waals surface area contributed by atoms with Gasteiger partial charge >= 0.3 is 6.09 Å². The molecule has 5 rings (SSSR count). The van der Waals surface area contributed by atoms with Crippen LogP contribution < -0.4 is 16.4 Å². The van der Waals surface area contributed by atoms with Crippen LogP contribution in [0.2, 0.25) is 5.02 Å². The molecule has 11 nitrogen and oxygen atoms in total. The van der Waals surface area contributed by atoms with Gasteiger partial charge in [0.1, 0.15) is 11.3 Å². The van der Waals surface area contributed by atoms with Gasteiger partial charge in [-0.05, 0) is 44.6 Å². The molecule has 208 valence electrons. The molecule has 2 aliphatic rings. The van der Waals surface area contributed by atoms with E-state index in [1.165, 1.54) is 7.11 Å². The first kappa shape index (κ1) is 26.9. The number of hydrogen-bond donors (Lipinski definition) is 3. The van der Waals surface area contributed by atoms with Gasteiger partial charge in [-0.2, -0.15) is 4.98 Å². The fraction of sp³-hybridized carbons (Fsp3) is 0.480. The summed E-state index contributed by atoms with van der Waals surface area (Å²) in [6, 6.07) is 1.55. The van der Waals surface area contributed by atoms with Gasteiger partial charge in [-0.25, -0.2) is 23.5 Å². The van der Waals surface area contributed by atoms with Gasteiger partial charge in [0.2, 0.25) is 17.8 Å². The number of fused-ring (bicyclic) bond motifs is 1. The predicted molar refractivity (Wildman–Crippen MR) is 141 cm³/mol. The first-order valence-corrected chi connectivity index (χ1v) is 13.2. The van der Waals surface area contributed by atoms with Crippen LogP contribution in [0.4, 0.5) is 31.2 Å². The van der Waals surface area contributed by atoms with E-state index in [1.807, 2.05) is 4.57 Å². The highest BCUT2D eigenvalue weighted by Crippen LogP contribution is 2.38. The van der Waals surface area contributed by atoms with Crippen molar-refractivity contribution in [3.05, 3.63) is 35.0 Å². The van der Waals surface area contributed by atoms with E-state index in [2.05, 4.69) is 20.6 Å². The number of benzene rings is 1. The van der Waals surface area contributed by atoms with Crippen LogP contribution in [0.3, 0.4) is 0 Å². The molecule has 2 amide bonds. The first-order chi connectivity index (χ1) is 18.7. The van der Waals surface area contributed by atoms with Crippen LogP contribution in [0, 0.1) is 17.6 Å². The first-order valence-electron chi connectivity index (χ1n) is 12.8. The SMILES string of the molecule is COC(=O)N1CCC[C@@H](Nc2ncc3nc(Nc4c(F)cc(F)cc4Cl)n([C@H]4CC[C@@H](C(N)=O)CC4)c3n2)C1. The summed E-state index contributed by atoms with van der Waals surface area (Å²) in [5, 5.41) is 6.09. The molecule has 1 atom stereocenters. The molecule has 39 heavy (non-hydrogen) atoms. The normalized spacial score (nSPS) is 21.5. The van der Waals surface area contributed by atoms with Crippen molar-refractivity contribution in [2.24, 2.45) is 11.7 Å². The topological polar surface area (TPSA) is 140 Å². The summed E-state index contributed by atoms with van der Waals surface area (Å²) >= 11 is 6.15. The number of aromatic nitrogens is 4. The minimum atomic E-state index is -0.864. The number of rotatable bonds is 6. The molecule has 3 heterocycles. The van der Waals surface area contributed by atoms with E-state index in [9.17, 15) is 18.4 Å². The van der Waals surface area contributed by atoms with Crippen molar-refractivity contribution in [1.29, 1.82) is 0 Å². The van der Waals surface area contributed by atoms with E-state index in [0.717, 1.165) is 25.0 Å². The average molecular weight is 563 g/mol. The third-order valence-corrected chi connectivity index (χ3v) is 7.63. The second-order valence-electron chi connectivity index (χ2n) is 9.88. The lowest BCUT2D eigenvalue weighted by atomic mass is 9.85. The van der Waals surface area contributed by atoms with E-state index >= 15 is 0 Å². The van der Waals surface area contributed by atoms with E-state index in [1.54, 1.807) is 11.1 Å². The number of nitrogens with zero attached hydrogens (tertiary/aromatic N) is 5. The Balaban J connectivity index is 1.48. The Bertz CT molecular complexity index is 1370. The number of primary amides is 1. The lowest BCUT2D eigenvalue weighted by molar-refractivity contribution is -0.122. The van der Waals surface area contributed by atoms with Crippen LogP contribution in [0.5, 0.6) is 0 Å². The van der Waals surface area contributed by atoms with Gasteiger partial charge in [0.05, 0.1) is 24.0 Å². The van der Waals surface area contributed by atoms with Gasteiger partial charge < -0.3 is 26.0 Å². The van der Waals surface area contributed by atoms with Crippen LogP contribution in [-0.2, 0) is 9.53 Å². The molecule has 0 radical (unpaired) electrons. The molecule has 1 saturated carbocycles. The van der Waals surface area contributed by atoms with Gasteiger partial charge in [0.25, 0.3) is 0 Å². The molecule has 1 saturated heterocycles. The molecule has 1 aliphatic heterocycles. The molecule has 1 aromatic carbocycles. The molecule has 3 aromatic rings. The molecule has 1 aliphatic carbocycles. The molecular formula is C25H29ClF2N8O3. The molecule has 2 fully saturated rings. The molecule has 0 unspecified atom stereocenters. The summed E-state index contributed by atoms with van der Waals surface area (Å²) in [4.78, 5) is 39.1. The zero-order valence-corrected chi connectivity index (χ0v) is 22.0. The second-order valence-corrected chi connectivity index (χ2v) is 10.3. The van der Waals surface area contributed by atoms with E-state index in [0.29, 0.717) is 55.9 Å². The van der Waals surface area contributed by atoms with Gasteiger partial charge in [0, 0.05) is 37.2 Å². The Kier molecular flexibility index (Phi) is 7.69. The standard InChI is InChI=1S/C25H29ClF2N8O3/c1-39-25(38)35-8-2-3-15(12-35)31-23-30-11-19-22(34-23)36(16-6-4-13(5-7-16)21(29)37)24(32-19)33-20-17(26)9-14(27)10-18(20)28/h9-11,13,15-16H,2-8,12H2,1H3,(H2,29,37)(H,32,33)(H,30,31,34)/t13-,15-,16+/m1/s1.